The molecule has 1 amide bonds. The third-order valence-corrected chi connectivity index (χ3v) is 3.47. The van der Waals surface area contributed by atoms with Crippen LogP contribution < -0.4 is 4.90 Å². The molecular weight excluding hydrogens is 244 g/mol. The van der Waals surface area contributed by atoms with E-state index in [9.17, 15) is 14.9 Å². The molecule has 0 saturated heterocycles. The van der Waals surface area contributed by atoms with Gasteiger partial charge in [-0.05, 0) is 18.4 Å². The van der Waals surface area contributed by atoms with Gasteiger partial charge in [0, 0.05) is 25.1 Å². The number of nitro groups is 1. The van der Waals surface area contributed by atoms with Gasteiger partial charge in [0.05, 0.1) is 10.6 Å². The van der Waals surface area contributed by atoms with Gasteiger partial charge < -0.3 is 4.90 Å². The number of non-ortho nitro benzene ring substituents is 1. The minimum atomic E-state index is -0.418. The first-order valence-electron chi connectivity index (χ1n) is 6.71. The molecule has 1 aromatic rings. The quantitative estimate of drug-likeness (QED) is 0.465. The third kappa shape index (κ3) is 2.92. The zero-order valence-electron chi connectivity index (χ0n) is 11.1. The van der Waals surface area contributed by atoms with Gasteiger partial charge in [0.15, 0.2) is 0 Å². The van der Waals surface area contributed by atoms with E-state index >= 15 is 0 Å². The Labute approximate surface area is 112 Å². The van der Waals surface area contributed by atoms with E-state index in [0.29, 0.717) is 13.0 Å². The molecule has 5 nitrogen and oxygen atoms in total. The summed E-state index contributed by atoms with van der Waals surface area (Å²) in [4.78, 5) is 24.2. The summed E-state index contributed by atoms with van der Waals surface area (Å²) in [5.74, 6) is 0.0766. The Morgan fingerprint density at radius 2 is 2.21 bits per heavy atom. The minimum Gasteiger partial charge on any atom is -0.312 e. The van der Waals surface area contributed by atoms with Crippen molar-refractivity contribution in [3.05, 3.63) is 33.9 Å². The van der Waals surface area contributed by atoms with Crippen LogP contribution in [0, 0.1) is 10.1 Å². The van der Waals surface area contributed by atoms with Crippen LogP contribution in [0.25, 0.3) is 0 Å². The summed E-state index contributed by atoms with van der Waals surface area (Å²) >= 11 is 0. The van der Waals surface area contributed by atoms with Crippen LogP contribution in [0.3, 0.4) is 0 Å². The second-order valence-electron chi connectivity index (χ2n) is 4.82. The van der Waals surface area contributed by atoms with Gasteiger partial charge in [-0.25, -0.2) is 0 Å². The van der Waals surface area contributed by atoms with E-state index in [1.54, 1.807) is 11.0 Å². The van der Waals surface area contributed by atoms with Gasteiger partial charge in [0.1, 0.15) is 0 Å². The number of hydrogen-bond donors (Lipinski definition) is 0. The Morgan fingerprint density at radius 3 is 2.89 bits per heavy atom. The van der Waals surface area contributed by atoms with Crippen molar-refractivity contribution in [3.8, 4) is 0 Å². The molecule has 1 aromatic carbocycles. The second kappa shape index (κ2) is 5.82. The average Bonchev–Trinajstić information content (AvgIpc) is 2.81. The highest BCUT2D eigenvalue weighted by Crippen LogP contribution is 2.32. The van der Waals surface area contributed by atoms with Crippen LogP contribution in [-0.2, 0) is 11.2 Å². The molecule has 0 fully saturated rings. The molecule has 2 rings (SSSR count). The number of amides is 1. The molecular formula is C14H18N2O3. The van der Waals surface area contributed by atoms with E-state index in [1.807, 2.05) is 0 Å². The maximum atomic E-state index is 12.1. The SMILES string of the molecule is CCCCCC(=O)N1CCc2ccc([N+](=O)[O-])cc21. The molecule has 102 valence electrons. The smallest absolute Gasteiger partial charge is 0.271 e. The number of anilines is 1. The van der Waals surface area contributed by atoms with Crippen molar-refractivity contribution in [1.29, 1.82) is 0 Å². The number of rotatable bonds is 5. The lowest BCUT2D eigenvalue weighted by molar-refractivity contribution is -0.384. The van der Waals surface area contributed by atoms with Crippen LogP contribution in [-0.4, -0.2) is 17.4 Å². The lowest BCUT2D eigenvalue weighted by Crippen LogP contribution is -2.28. The van der Waals surface area contributed by atoms with Gasteiger partial charge in [-0.3, -0.25) is 14.9 Å². The molecule has 1 heterocycles. The van der Waals surface area contributed by atoms with Crippen molar-refractivity contribution in [3.63, 3.8) is 0 Å². The Morgan fingerprint density at radius 1 is 1.42 bits per heavy atom. The molecule has 0 bridgehead atoms. The fraction of sp³-hybridized carbons (Fsp3) is 0.500. The molecule has 0 atom stereocenters. The van der Waals surface area contributed by atoms with Crippen LogP contribution in [0.4, 0.5) is 11.4 Å². The fourth-order valence-corrected chi connectivity index (χ4v) is 2.40. The number of unbranched alkanes of at least 4 members (excludes halogenated alkanes) is 2. The van der Waals surface area contributed by atoms with Crippen LogP contribution in [0.2, 0.25) is 0 Å². The summed E-state index contributed by atoms with van der Waals surface area (Å²) in [5.41, 5.74) is 1.79. The van der Waals surface area contributed by atoms with Crippen molar-refractivity contribution in [1.82, 2.24) is 0 Å². The molecule has 0 aromatic heterocycles. The number of hydrogen-bond acceptors (Lipinski definition) is 3. The monoisotopic (exact) mass is 262 g/mol. The zero-order chi connectivity index (χ0) is 13.8. The number of carbonyl (C=O) groups excluding carboxylic acids is 1. The molecule has 0 saturated carbocycles. The van der Waals surface area contributed by atoms with E-state index in [2.05, 4.69) is 6.92 Å². The van der Waals surface area contributed by atoms with Crippen LogP contribution in [0.1, 0.15) is 38.2 Å². The highest BCUT2D eigenvalue weighted by Gasteiger charge is 2.26. The first-order valence-corrected chi connectivity index (χ1v) is 6.71. The molecule has 0 unspecified atom stereocenters. The number of fused-ring (bicyclic) bond motifs is 1. The molecule has 5 heteroatoms. The maximum absolute atomic E-state index is 12.1. The Hall–Kier alpha value is -1.91. The second-order valence-corrected chi connectivity index (χ2v) is 4.82. The lowest BCUT2D eigenvalue weighted by Gasteiger charge is -2.17. The fourth-order valence-electron chi connectivity index (χ4n) is 2.40. The van der Waals surface area contributed by atoms with Crippen molar-refractivity contribution in [2.45, 2.75) is 39.0 Å². The molecule has 0 aliphatic carbocycles. The molecule has 1 aliphatic rings. The summed E-state index contributed by atoms with van der Waals surface area (Å²) < 4.78 is 0. The summed E-state index contributed by atoms with van der Waals surface area (Å²) in [6.45, 7) is 2.74. The standard InChI is InChI=1S/C14H18N2O3/c1-2-3-4-5-14(17)15-9-8-11-6-7-12(16(18)19)10-13(11)15/h6-7,10H,2-5,8-9H2,1H3. The summed E-state index contributed by atoms with van der Waals surface area (Å²) in [6.07, 6.45) is 4.32. The predicted molar refractivity (Wildman–Crippen MR) is 73.3 cm³/mol. The van der Waals surface area contributed by atoms with Crippen molar-refractivity contribution in [2.24, 2.45) is 0 Å². The Balaban J connectivity index is 2.13. The molecule has 0 N–H and O–H groups in total. The van der Waals surface area contributed by atoms with Crippen LogP contribution in [0.5, 0.6) is 0 Å². The van der Waals surface area contributed by atoms with Gasteiger partial charge in [0.25, 0.3) is 5.69 Å². The van der Waals surface area contributed by atoms with Gasteiger partial charge in [-0.2, -0.15) is 0 Å². The summed E-state index contributed by atoms with van der Waals surface area (Å²) in [7, 11) is 0. The van der Waals surface area contributed by atoms with Crippen molar-refractivity contribution >= 4 is 17.3 Å². The van der Waals surface area contributed by atoms with Crippen molar-refractivity contribution in [2.75, 3.05) is 11.4 Å². The van der Waals surface area contributed by atoms with E-state index in [-0.39, 0.29) is 11.6 Å². The number of nitrogens with zero attached hydrogens (tertiary/aromatic N) is 2. The molecule has 0 spiro atoms. The lowest BCUT2D eigenvalue weighted by atomic mass is 10.1. The van der Waals surface area contributed by atoms with Gasteiger partial charge in [-0.15, -0.1) is 0 Å². The number of carbonyl (C=O) groups is 1. The predicted octanol–water partition coefficient (Wildman–Crippen LogP) is 3.06. The molecule has 0 radical (unpaired) electrons. The number of nitro benzene ring substituents is 1. The zero-order valence-corrected chi connectivity index (χ0v) is 11.1. The number of benzene rings is 1. The average molecular weight is 262 g/mol. The Bertz CT molecular complexity index is 499. The largest absolute Gasteiger partial charge is 0.312 e. The normalized spacial score (nSPS) is 13.4. The summed E-state index contributed by atoms with van der Waals surface area (Å²) in [6, 6.07) is 4.77. The maximum Gasteiger partial charge on any atom is 0.271 e. The van der Waals surface area contributed by atoms with Crippen LogP contribution in [0.15, 0.2) is 18.2 Å². The van der Waals surface area contributed by atoms with Gasteiger partial charge >= 0.3 is 0 Å². The van der Waals surface area contributed by atoms with E-state index < -0.39 is 4.92 Å². The topological polar surface area (TPSA) is 63.5 Å². The van der Waals surface area contributed by atoms with E-state index in [4.69, 9.17) is 0 Å². The van der Waals surface area contributed by atoms with Crippen molar-refractivity contribution < 1.29 is 9.72 Å². The summed E-state index contributed by atoms with van der Waals surface area (Å²) in [5, 5.41) is 10.8. The molecule has 1 aliphatic heterocycles. The highest BCUT2D eigenvalue weighted by molar-refractivity contribution is 5.95. The van der Waals surface area contributed by atoms with E-state index in [1.165, 1.54) is 12.1 Å². The van der Waals surface area contributed by atoms with E-state index in [0.717, 1.165) is 36.9 Å². The Kier molecular flexibility index (Phi) is 4.14. The first kappa shape index (κ1) is 13.5. The molecule has 19 heavy (non-hydrogen) atoms. The van der Waals surface area contributed by atoms with Crippen LogP contribution >= 0.6 is 0 Å². The minimum absolute atomic E-state index is 0.0482. The highest BCUT2D eigenvalue weighted by atomic mass is 16.6. The van der Waals surface area contributed by atoms with Gasteiger partial charge in [-0.1, -0.05) is 25.8 Å². The first-order chi connectivity index (χ1) is 9.13. The van der Waals surface area contributed by atoms with Gasteiger partial charge in [0.2, 0.25) is 5.91 Å². The third-order valence-electron chi connectivity index (χ3n) is 3.47.